The van der Waals surface area contributed by atoms with Crippen LogP contribution in [0.4, 0.5) is 0 Å². The normalized spacial score (nSPS) is 22.7. The van der Waals surface area contributed by atoms with Gasteiger partial charge in [0.05, 0.1) is 0 Å². The molecule has 0 saturated carbocycles. The molecule has 1 fully saturated rings. The first-order valence-corrected chi connectivity index (χ1v) is 10.3. The van der Waals surface area contributed by atoms with Crippen molar-refractivity contribution in [1.29, 1.82) is 0 Å². The van der Waals surface area contributed by atoms with Gasteiger partial charge in [0.25, 0.3) is 5.91 Å². The van der Waals surface area contributed by atoms with Crippen LogP contribution in [0.2, 0.25) is 0 Å². The first-order chi connectivity index (χ1) is 13.8. The third kappa shape index (κ3) is 3.40. The van der Waals surface area contributed by atoms with Crippen LogP contribution < -0.4 is 5.32 Å². The van der Waals surface area contributed by atoms with E-state index in [0.717, 1.165) is 11.1 Å². The number of carbonyl (C=O) groups is 3. The lowest BCUT2D eigenvalue weighted by molar-refractivity contribution is -0.142. The molecule has 3 atom stereocenters. The second-order valence-electron chi connectivity index (χ2n) is 7.87. The number of carboxylic acid groups (broad SMARTS) is 1. The Labute approximate surface area is 173 Å². The Bertz CT molecular complexity index is 976. The van der Waals surface area contributed by atoms with E-state index in [2.05, 4.69) is 5.32 Å². The lowest BCUT2D eigenvalue weighted by atomic mass is 9.99. The quantitative estimate of drug-likeness (QED) is 0.792. The van der Waals surface area contributed by atoms with Gasteiger partial charge in [-0.05, 0) is 31.0 Å². The van der Waals surface area contributed by atoms with Gasteiger partial charge >= 0.3 is 5.97 Å². The summed E-state index contributed by atoms with van der Waals surface area (Å²) in [5.74, 6) is -1.72. The molecule has 150 valence electrons. The second kappa shape index (κ2) is 7.22. The number of rotatable bonds is 5. The SMILES string of the molecule is CC1(C)S[C@@H]2c3ccccc3C(=O)N2[C@@H]1C(=O)N[C@H](Cc1ccccc1)C(=O)O. The molecule has 7 heteroatoms. The number of hydrogen-bond donors (Lipinski definition) is 2. The van der Waals surface area contributed by atoms with E-state index in [9.17, 15) is 19.5 Å². The number of fused-ring (bicyclic) bond motifs is 3. The summed E-state index contributed by atoms with van der Waals surface area (Å²) in [7, 11) is 0. The third-order valence-corrected chi connectivity index (χ3v) is 6.98. The topological polar surface area (TPSA) is 86.7 Å². The van der Waals surface area contributed by atoms with Crippen LogP contribution in [-0.2, 0) is 16.0 Å². The summed E-state index contributed by atoms with van der Waals surface area (Å²) >= 11 is 1.56. The summed E-state index contributed by atoms with van der Waals surface area (Å²) in [6.45, 7) is 3.84. The fraction of sp³-hybridized carbons (Fsp3) is 0.318. The van der Waals surface area contributed by atoms with Crippen molar-refractivity contribution in [2.24, 2.45) is 0 Å². The highest BCUT2D eigenvalue weighted by atomic mass is 32.2. The predicted molar refractivity (Wildman–Crippen MR) is 111 cm³/mol. The van der Waals surface area contributed by atoms with E-state index in [-0.39, 0.29) is 17.7 Å². The average Bonchev–Trinajstić information content (AvgIpc) is 3.12. The molecule has 2 aliphatic rings. The number of amides is 2. The first kappa shape index (κ1) is 19.5. The zero-order valence-corrected chi connectivity index (χ0v) is 17.0. The van der Waals surface area contributed by atoms with Gasteiger partial charge < -0.3 is 15.3 Å². The van der Waals surface area contributed by atoms with Gasteiger partial charge in [-0.1, -0.05) is 48.5 Å². The molecule has 2 N–H and O–H groups in total. The highest BCUT2D eigenvalue weighted by molar-refractivity contribution is 8.01. The van der Waals surface area contributed by atoms with E-state index < -0.39 is 28.7 Å². The van der Waals surface area contributed by atoms with Crippen molar-refractivity contribution in [2.45, 2.75) is 42.5 Å². The van der Waals surface area contributed by atoms with Crippen molar-refractivity contribution in [3.8, 4) is 0 Å². The van der Waals surface area contributed by atoms with E-state index in [1.165, 1.54) is 0 Å². The van der Waals surface area contributed by atoms with Crippen molar-refractivity contribution in [3.05, 3.63) is 71.3 Å². The molecule has 1 saturated heterocycles. The molecule has 4 rings (SSSR count). The fourth-order valence-corrected chi connectivity index (χ4v) is 5.69. The molecule has 2 aromatic rings. The molecule has 0 spiro atoms. The van der Waals surface area contributed by atoms with Crippen molar-refractivity contribution in [1.82, 2.24) is 10.2 Å². The van der Waals surface area contributed by atoms with Crippen LogP contribution in [0.25, 0.3) is 0 Å². The number of nitrogens with zero attached hydrogens (tertiary/aromatic N) is 1. The average molecular weight is 410 g/mol. The summed E-state index contributed by atoms with van der Waals surface area (Å²) in [5, 5.41) is 12.1. The maximum Gasteiger partial charge on any atom is 0.326 e. The van der Waals surface area contributed by atoms with E-state index in [0.29, 0.717) is 5.56 Å². The Kier molecular flexibility index (Phi) is 4.86. The van der Waals surface area contributed by atoms with Gasteiger partial charge in [0.2, 0.25) is 5.91 Å². The Morgan fingerprint density at radius 2 is 1.79 bits per heavy atom. The summed E-state index contributed by atoms with van der Waals surface area (Å²) < 4.78 is -0.548. The van der Waals surface area contributed by atoms with Gasteiger partial charge in [0.1, 0.15) is 17.5 Å². The molecule has 29 heavy (non-hydrogen) atoms. The van der Waals surface area contributed by atoms with Crippen LogP contribution >= 0.6 is 11.8 Å². The van der Waals surface area contributed by atoms with E-state index in [1.807, 2.05) is 62.4 Å². The second-order valence-corrected chi connectivity index (χ2v) is 9.60. The van der Waals surface area contributed by atoms with Gasteiger partial charge in [-0.15, -0.1) is 11.8 Å². The van der Waals surface area contributed by atoms with E-state index in [1.54, 1.807) is 22.7 Å². The van der Waals surface area contributed by atoms with Gasteiger partial charge in [-0.2, -0.15) is 0 Å². The molecule has 6 nitrogen and oxygen atoms in total. The number of nitrogens with one attached hydrogen (secondary N) is 1. The van der Waals surface area contributed by atoms with E-state index in [4.69, 9.17) is 0 Å². The Morgan fingerprint density at radius 1 is 1.14 bits per heavy atom. The Hall–Kier alpha value is -2.80. The molecule has 0 aliphatic carbocycles. The summed E-state index contributed by atoms with van der Waals surface area (Å²) in [6, 6.07) is 14.7. The fourth-order valence-electron chi connectivity index (χ4n) is 4.11. The minimum Gasteiger partial charge on any atom is -0.480 e. The van der Waals surface area contributed by atoms with Crippen molar-refractivity contribution < 1.29 is 19.5 Å². The maximum atomic E-state index is 13.2. The highest BCUT2D eigenvalue weighted by Gasteiger charge is 2.57. The zero-order valence-electron chi connectivity index (χ0n) is 16.2. The van der Waals surface area contributed by atoms with Crippen LogP contribution in [0.1, 0.15) is 40.7 Å². The van der Waals surface area contributed by atoms with Crippen LogP contribution in [0.15, 0.2) is 54.6 Å². The highest BCUT2D eigenvalue weighted by Crippen LogP contribution is 2.56. The molecule has 0 aromatic heterocycles. The standard InChI is InChI=1S/C22H22N2O4S/c1-22(2)17(24-19(26)14-10-6-7-11-15(14)20(24)29-22)18(25)23-16(21(27)28)12-13-8-4-3-5-9-13/h3-11,16-17,20H,12H2,1-2H3,(H,23,25)(H,27,28)/t16-,17-,20-/m1/s1. The van der Waals surface area contributed by atoms with Gasteiger partial charge in [-0.25, -0.2) is 4.79 Å². The lowest BCUT2D eigenvalue weighted by Crippen LogP contribution is -2.56. The van der Waals surface area contributed by atoms with Gasteiger partial charge in [-0.3, -0.25) is 9.59 Å². The number of carboxylic acids is 1. The third-order valence-electron chi connectivity index (χ3n) is 5.44. The Balaban J connectivity index is 1.59. The summed E-state index contributed by atoms with van der Waals surface area (Å²) in [5.41, 5.74) is 2.34. The molecule has 2 aliphatic heterocycles. The first-order valence-electron chi connectivity index (χ1n) is 9.46. The molecular weight excluding hydrogens is 388 g/mol. The number of aliphatic carboxylic acids is 1. The Morgan fingerprint density at radius 3 is 2.48 bits per heavy atom. The molecule has 2 heterocycles. The lowest BCUT2D eigenvalue weighted by Gasteiger charge is -2.30. The number of carbonyl (C=O) groups excluding carboxylic acids is 2. The molecular formula is C22H22N2O4S. The monoisotopic (exact) mass is 410 g/mol. The van der Waals surface area contributed by atoms with E-state index >= 15 is 0 Å². The minimum absolute atomic E-state index is 0.180. The maximum absolute atomic E-state index is 13.2. The van der Waals surface area contributed by atoms with Crippen LogP contribution in [0, 0.1) is 0 Å². The predicted octanol–water partition coefficient (Wildman–Crippen LogP) is 2.85. The number of thioether (sulfide) groups is 1. The van der Waals surface area contributed by atoms with Gasteiger partial charge in [0, 0.05) is 16.7 Å². The summed E-state index contributed by atoms with van der Waals surface area (Å²) in [4.78, 5) is 39.6. The summed E-state index contributed by atoms with van der Waals surface area (Å²) in [6.07, 6.45) is 0.180. The smallest absolute Gasteiger partial charge is 0.326 e. The number of benzene rings is 2. The van der Waals surface area contributed by atoms with Crippen LogP contribution in [-0.4, -0.2) is 44.6 Å². The van der Waals surface area contributed by atoms with Crippen molar-refractivity contribution in [2.75, 3.05) is 0 Å². The van der Waals surface area contributed by atoms with Crippen LogP contribution in [0.5, 0.6) is 0 Å². The van der Waals surface area contributed by atoms with Crippen molar-refractivity contribution in [3.63, 3.8) is 0 Å². The number of hydrogen-bond acceptors (Lipinski definition) is 4. The molecule has 2 amide bonds. The van der Waals surface area contributed by atoms with Crippen molar-refractivity contribution >= 4 is 29.5 Å². The van der Waals surface area contributed by atoms with Crippen LogP contribution in [0.3, 0.4) is 0 Å². The molecule has 0 unspecified atom stereocenters. The largest absolute Gasteiger partial charge is 0.480 e. The minimum atomic E-state index is -1.10. The zero-order chi connectivity index (χ0) is 20.8. The molecule has 0 bridgehead atoms. The molecule has 2 aromatic carbocycles. The molecule has 0 radical (unpaired) electrons. The van der Waals surface area contributed by atoms with Gasteiger partial charge in [0.15, 0.2) is 0 Å².